The van der Waals surface area contributed by atoms with Crippen molar-refractivity contribution in [1.29, 1.82) is 0 Å². The van der Waals surface area contributed by atoms with Crippen molar-refractivity contribution in [3.63, 3.8) is 0 Å². The van der Waals surface area contributed by atoms with Gasteiger partial charge in [-0.2, -0.15) is 5.10 Å². The highest BCUT2D eigenvalue weighted by molar-refractivity contribution is 7.13. The molecule has 0 saturated heterocycles. The van der Waals surface area contributed by atoms with Crippen molar-refractivity contribution in [3.05, 3.63) is 61.4 Å². The molecule has 0 amide bonds. The Morgan fingerprint density at radius 1 is 1.04 bits per heavy atom. The van der Waals surface area contributed by atoms with Gasteiger partial charge >= 0.3 is 0 Å². The predicted molar refractivity (Wildman–Crippen MR) is 110 cm³/mol. The van der Waals surface area contributed by atoms with Crippen LogP contribution in [0.1, 0.15) is 34.7 Å². The van der Waals surface area contributed by atoms with Crippen LogP contribution in [-0.4, -0.2) is 16.9 Å². The molecular weight excluding hydrogens is 346 g/mol. The van der Waals surface area contributed by atoms with Crippen molar-refractivity contribution in [2.45, 2.75) is 40.7 Å². The standard InChI is InChI=1S/C20H23N3S2/c1-13(2)22-20-23(21-11-18-9-7-16(5)25-18)19(12-24-20)17-8-6-14(3)15(4)10-17/h6-13H,1-5H3/b21-11-,22-20?. The third-order valence-electron chi connectivity index (χ3n) is 3.92. The second-order valence-corrected chi connectivity index (χ2v) is 8.59. The lowest BCUT2D eigenvalue weighted by Gasteiger charge is -2.06. The highest BCUT2D eigenvalue weighted by Crippen LogP contribution is 2.23. The predicted octanol–water partition coefficient (Wildman–Crippen LogP) is 5.39. The number of thiazole rings is 1. The molecule has 3 nitrogen and oxygen atoms in total. The van der Waals surface area contributed by atoms with Gasteiger partial charge in [0, 0.05) is 26.7 Å². The van der Waals surface area contributed by atoms with E-state index >= 15 is 0 Å². The molecule has 2 heterocycles. The summed E-state index contributed by atoms with van der Waals surface area (Å²) in [5.41, 5.74) is 4.84. The lowest BCUT2D eigenvalue weighted by molar-refractivity contribution is 0.755. The summed E-state index contributed by atoms with van der Waals surface area (Å²) in [4.78, 5) is 8.10. The summed E-state index contributed by atoms with van der Waals surface area (Å²) in [5.74, 6) is 0. The highest BCUT2D eigenvalue weighted by Gasteiger charge is 2.09. The zero-order valence-corrected chi connectivity index (χ0v) is 16.9. The molecule has 3 rings (SSSR count). The number of rotatable bonds is 4. The minimum Gasteiger partial charge on any atom is -0.255 e. The molecule has 0 aliphatic heterocycles. The summed E-state index contributed by atoms with van der Waals surface area (Å²) in [6.07, 6.45) is 1.92. The van der Waals surface area contributed by atoms with Crippen LogP contribution in [0.2, 0.25) is 0 Å². The lowest BCUT2D eigenvalue weighted by atomic mass is 10.1. The monoisotopic (exact) mass is 369 g/mol. The maximum atomic E-state index is 4.75. The van der Waals surface area contributed by atoms with Crippen LogP contribution in [0.3, 0.4) is 0 Å². The Bertz CT molecular complexity index is 971. The highest BCUT2D eigenvalue weighted by atomic mass is 32.1. The van der Waals surface area contributed by atoms with Crippen molar-refractivity contribution >= 4 is 28.9 Å². The number of thiophene rings is 1. The van der Waals surface area contributed by atoms with Gasteiger partial charge in [-0.25, -0.2) is 4.68 Å². The zero-order chi connectivity index (χ0) is 18.0. The van der Waals surface area contributed by atoms with Crippen LogP contribution in [-0.2, 0) is 0 Å². The van der Waals surface area contributed by atoms with Gasteiger partial charge in [-0.05, 0) is 63.9 Å². The van der Waals surface area contributed by atoms with Crippen LogP contribution in [0.15, 0.2) is 45.8 Å². The van der Waals surface area contributed by atoms with Gasteiger partial charge in [0.15, 0.2) is 0 Å². The number of hydrogen-bond donors (Lipinski definition) is 0. The fourth-order valence-corrected chi connectivity index (χ4v) is 4.17. The summed E-state index contributed by atoms with van der Waals surface area (Å²) in [5, 5.41) is 6.89. The van der Waals surface area contributed by atoms with Crippen LogP contribution >= 0.6 is 22.7 Å². The quantitative estimate of drug-likeness (QED) is 0.552. The number of benzene rings is 1. The Balaban J connectivity index is 2.11. The molecule has 0 fully saturated rings. The summed E-state index contributed by atoms with van der Waals surface area (Å²) < 4.78 is 1.96. The Morgan fingerprint density at radius 2 is 1.84 bits per heavy atom. The minimum atomic E-state index is 0.233. The zero-order valence-electron chi connectivity index (χ0n) is 15.3. The molecule has 5 heteroatoms. The molecule has 2 aromatic heterocycles. The lowest BCUT2D eigenvalue weighted by Crippen LogP contribution is -2.14. The summed E-state index contributed by atoms with van der Waals surface area (Å²) >= 11 is 3.38. The summed E-state index contributed by atoms with van der Waals surface area (Å²) in [7, 11) is 0. The van der Waals surface area contributed by atoms with E-state index in [4.69, 9.17) is 10.1 Å². The average Bonchev–Trinajstić information content (AvgIpc) is 3.14. The SMILES string of the molecule is Cc1ccc(/C=N\n2c(-c3ccc(C)c(C)c3)csc2=NC(C)C)s1. The molecule has 3 aromatic rings. The average molecular weight is 370 g/mol. The fourth-order valence-electron chi connectivity index (χ4n) is 2.46. The van der Waals surface area contributed by atoms with Gasteiger partial charge in [0.05, 0.1) is 11.9 Å². The van der Waals surface area contributed by atoms with Gasteiger partial charge in [-0.3, -0.25) is 4.99 Å². The van der Waals surface area contributed by atoms with Gasteiger partial charge in [0.2, 0.25) is 4.80 Å². The number of nitrogens with zero attached hydrogens (tertiary/aromatic N) is 3. The molecule has 0 radical (unpaired) electrons. The Morgan fingerprint density at radius 3 is 2.48 bits per heavy atom. The van der Waals surface area contributed by atoms with Gasteiger partial charge in [0.25, 0.3) is 0 Å². The molecule has 0 spiro atoms. The van der Waals surface area contributed by atoms with Crippen molar-refractivity contribution in [2.24, 2.45) is 10.1 Å². The van der Waals surface area contributed by atoms with Gasteiger partial charge in [-0.15, -0.1) is 22.7 Å². The van der Waals surface area contributed by atoms with Crippen LogP contribution in [0.5, 0.6) is 0 Å². The molecule has 0 N–H and O–H groups in total. The molecule has 0 aliphatic rings. The van der Waals surface area contributed by atoms with Crippen molar-refractivity contribution in [3.8, 4) is 11.3 Å². The first-order chi connectivity index (χ1) is 11.9. The molecule has 0 atom stereocenters. The molecule has 25 heavy (non-hydrogen) atoms. The molecular formula is C20H23N3S2. The van der Waals surface area contributed by atoms with Crippen molar-refractivity contribution in [2.75, 3.05) is 0 Å². The normalized spacial score (nSPS) is 12.6. The van der Waals surface area contributed by atoms with Gasteiger partial charge < -0.3 is 0 Å². The van der Waals surface area contributed by atoms with E-state index in [1.807, 2.05) is 10.9 Å². The van der Waals surface area contributed by atoms with E-state index in [0.29, 0.717) is 0 Å². The Hall–Kier alpha value is -1.98. The van der Waals surface area contributed by atoms with E-state index in [1.165, 1.54) is 21.6 Å². The number of hydrogen-bond acceptors (Lipinski definition) is 4. The van der Waals surface area contributed by atoms with Crippen LogP contribution < -0.4 is 4.80 Å². The first kappa shape index (κ1) is 17.8. The molecule has 0 saturated carbocycles. The molecule has 130 valence electrons. The van der Waals surface area contributed by atoms with E-state index in [2.05, 4.69) is 70.3 Å². The summed E-state index contributed by atoms with van der Waals surface area (Å²) in [6, 6.07) is 11.0. The first-order valence-corrected chi connectivity index (χ1v) is 10.1. The van der Waals surface area contributed by atoms with Gasteiger partial charge in [-0.1, -0.05) is 12.1 Å². The molecule has 0 bridgehead atoms. The topological polar surface area (TPSA) is 29.6 Å². The van der Waals surface area contributed by atoms with Crippen LogP contribution in [0.25, 0.3) is 11.3 Å². The van der Waals surface area contributed by atoms with E-state index in [1.54, 1.807) is 22.7 Å². The van der Waals surface area contributed by atoms with E-state index in [0.717, 1.165) is 15.4 Å². The van der Waals surface area contributed by atoms with Crippen molar-refractivity contribution in [1.82, 2.24) is 4.68 Å². The second kappa shape index (κ2) is 7.50. The third kappa shape index (κ3) is 4.17. The van der Waals surface area contributed by atoms with E-state index in [-0.39, 0.29) is 6.04 Å². The smallest absolute Gasteiger partial charge is 0.206 e. The Labute approximate surface area is 157 Å². The van der Waals surface area contributed by atoms with Crippen LogP contribution in [0.4, 0.5) is 0 Å². The number of aryl methyl sites for hydroxylation is 3. The van der Waals surface area contributed by atoms with Crippen LogP contribution in [0, 0.1) is 20.8 Å². The molecule has 0 unspecified atom stereocenters. The largest absolute Gasteiger partial charge is 0.255 e. The van der Waals surface area contributed by atoms with Gasteiger partial charge in [0.1, 0.15) is 0 Å². The molecule has 0 aliphatic carbocycles. The maximum absolute atomic E-state index is 4.75. The maximum Gasteiger partial charge on any atom is 0.206 e. The minimum absolute atomic E-state index is 0.233. The van der Waals surface area contributed by atoms with E-state index in [9.17, 15) is 0 Å². The Kier molecular flexibility index (Phi) is 5.35. The first-order valence-electron chi connectivity index (χ1n) is 8.37. The molecule has 1 aromatic carbocycles. The third-order valence-corrected chi connectivity index (χ3v) is 5.68. The summed E-state index contributed by atoms with van der Waals surface area (Å²) in [6.45, 7) is 10.6. The fraction of sp³-hybridized carbons (Fsp3) is 0.300. The second-order valence-electron chi connectivity index (χ2n) is 6.43. The van der Waals surface area contributed by atoms with Crippen molar-refractivity contribution < 1.29 is 0 Å². The van der Waals surface area contributed by atoms with E-state index < -0.39 is 0 Å². The number of aromatic nitrogens is 1.